The van der Waals surface area contributed by atoms with Crippen molar-refractivity contribution in [2.24, 2.45) is 7.05 Å². The average Bonchev–Trinajstić information content (AvgIpc) is 2.64. The van der Waals surface area contributed by atoms with Gasteiger partial charge in [-0.1, -0.05) is 23.8 Å². The van der Waals surface area contributed by atoms with Crippen molar-refractivity contribution in [3.8, 4) is 0 Å². The first kappa shape index (κ1) is 10.6. The van der Waals surface area contributed by atoms with Gasteiger partial charge in [0.15, 0.2) is 5.78 Å². The first-order valence-corrected chi connectivity index (χ1v) is 5.23. The molecule has 1 heterocycles. The molecule has 2 rings (SSSR count). The number of hydrogen-bond donors (Lipinski definition) is 0. The molecule has 0 atom stereocenters. The Bertz CT molecular complexity index is 514. The zero-order valence-electron chi connectivity index (χ0n) is 9.47. The summed E-state index contributed by atoms with van der Waals surface area (Å²) in [6.07, 6.45) is 3.91. The standard InChI is InChI=1S/C13H14N2O/c1-10-4-3-5-11(8-10)12(16)9-13-14-6-7-15(13)2/h3-8H,9H2,1-2H3. The largest absolute Gasteiger partial charge is 0.338 e. The third kappa shape index (κ3) is 2.19. The van der Waals surface area contributed by atoms with Crippen LogP contribution < -0.4 is 0 Å². The number of nitrogens with zero attached hydrogens (tertiary/aromatic N) is 2. The molecule has 0 saturated heterocycles. The molecule has 0 N–H and O–H groups in total. The number of benzene rings is 1. The summed E-state index contributed by atoms with van der Waals surface area (Å²) in [7, 11) is 1.89. The highest BCUT2D eigenvalue weighted by Crippen LogP contribution is 2.08. The molecule has 0 fully saturated rings. The van der Waals surface area contributed by atoms with Gasteiger partial charge in [0, 0.05) is 25.0 Å². The van der Waals surface area contributed by atoms with Crippen molar-refractivity contribution in [2.75, 3.05) is 0 Å². The second-order valence-electron chi connectivity index (χ2n) is 3.92. The van der Waals surface area contributed by atoms with Crippen LogP contribution in [0.5, 0.6) is 0 Å². The first-order chi connectivity index (χ1) is 7.66. The molecule has 0 bridgehead atoms. The molecule has 16 heavy (non-hydrogen) atoms. The second-order valence-corrected chi connectivity index (χ2v) is 3.92. The zero-order chi connectivity index (χ0) is 11.5. The van der Waals surface area contributed by atoms with Gasteiger partial charge in [-0.3, -0.25) is 4.79 Å². The minimum absolute atomic E-state index is 0.109. The fraction of sp³-hybridized carbons (Fsp3) is 0.231. The van der Waals surface area contributed by atoms with Gasteiger partial charge in [0.2, 0.25) is 0 Å². The summed E-state index contributed by atoms with van der Waals surface area (Å²) in [5, 5.41) is 0. The van der Waals surface area contributed by atoms with Gasteiger partial charge in [0.1, 0.15) is 5.82 Å². The quantitative estimate of drug-likeness (QED) is 0.734. The zero-order valence-corrected chi connectivity index (χ0v) is 9.47. The number of aryl methyl sites for hydroxylation is 2. The Morgan fingerprint density at radius 3 is 2.88 bits per heavy atom. The van der Waals surface area contributed by atoms with Crippen molar-refractivity contribution in [3.63, 3.8) is 0 Å². The van der Waals surface area contributed by atoms with E-state index in [0.717, 1.165) is 17.0 Å². The van der Waals surface area contributed by atoms with Gasteiger partial charge in [-0.15, -0.1) is 0 Å². The smallest absolute Gasteiger partial charge is 0.170 e. The minimum Gasteiger partial charge on any atom is -0.338 e. The summed E-state index contributed by atoms with van der Waals surface area (Å²) in [6.45, 7) is 1.98. The fourth-order valence-corrected chi connectivity index (χ4v) is 1.63. The maximum Gasteiger partial charge on any atom is 0.170 e. The predicted molar refractivity (Wildman–Crippen MR) is 62.4 cm³/mol. The minimum atomic E-state index is 0.109. The van der Waals surface area contributed by atoms with Crippen LogP contribution in [0.3, 0.4) is 0 Å². The van der Waals surface area contributed by atoms with Gasteiger partial charge in [-0.2, -0.15) is 0 Å². The summed E-state index contributed by atoms with van der Waals surface area (Å²) >= 11 is 0. The number of ketones is 1. The molecular weight excluding hydrogens is 200 g/mol. The summed E-state index contributed by atoms with van der Waals surface area (Å²) in [5.74, 6) is 0.907. The molecule has 0 aliphatic carbocycles. The summed E-state index contributed by atoms with van der Waals surface area (Å²) in [6, 6.07) is 7.64. The SMILES string of the molecule is Cc1cccc(C(=O)Cc2nccn2C)c1. The lowest BCUT2D eigenvalue weighted by atomic mass is 10.1. The van der Waals surface area contributed by atoms with Gasteiger partial charge >= 0.3 is 0 Å². The van der Waals surface area contributed by atoms with Crippen molar-refractivity contribution in [3.05, 3.63) is 53.6 Å². The predicted octanol–water partition coefficient (Wildman–Crippen LogP) is 2.15. The van der Waals surface area contributed by atoms with Crippen LogP contribution in [0.4, 0.5) is 0 Å². The third-order valence-electron chi connectivity index (χ3n) is 2.58. The van der Waals surface area contributed by atoms with E-state index in [-0.39, 0.29) is 5.78 Å². The molecular formula is C13H14N2O. The topological polar surface area (TPSA) is 34.9 Å². The molecule has 1 aromatic heterocycles. The molecule has 2 aromatic rings. The van der Waals surface area contributed by atoms with Gasteiger partial charge in [0.05, 0.1) is 6.42 Å². The second kappa shape index (κ2) is 4.31. The van der Waals surface area contributed by atoms with Gasteiger partial charge in [-0.25, -0.2) is 4.98 Å². The van der Waals surface area contributed by atoms with E-state index in [1.165, 1.54) is 0 Å². The van der Waals surface area contributed by atoms with Crippen LogP contribution in [0.1, 0.15) is 21.7 Å². The highest BCUT2D eigenvalue weighted by molar-refractivity contribution is 5.97. The van der Waals surface area contributed by atoms with E-state index in [1.807, 2.05) is 49.0 Å². The number of carbonyl (C=O) groups is 1. The monoisotopic (exact) mass is 214 g/mol. The molecule has 0 spiro atoms. The molecule has 0 aliphatic heterocycles. The highest BCUT2D eigenvalue weighted by atomic mass is 16.1. The lowest BCUT2D eigenvalue weighted by Gasteiger charge is -2.02. The summed E-state index contributed by atoms with van der Waals surface area (Å²) in [5.41, 5.74) is 1.86. The fourth-order valence-electron chi connectivity index (χ4n) is 1.63. The maximum absolute atomic E-state index is 12.0. The van der Waals surface area contributed by atoms with Crippen molar-refractivity contribution in [2.45, 2.75) is 13.3 Å². The Kier molecular flexibility index (Phi) is 2.86. The number of imidazole rings is 1. The van der Waals surface area contributed by atoms with Crippen LogP contribution in [0.2, 0.25) is 0 Å². The molecule has 0 radical (unpaired) electrons. The van der Waals surface area contributed by atoms with Crippen LogP contribution in [0.15, 0.2) is 36.7 Å². The third-order valence-corrected chi connectivity index (χ3v) is 2.58. The van der Waals surface area contributed by atoms with Crippen LogP contribution >= 0.6 is 0 Å². The number of carbonyl (C=O) groups excluding carboxylic acids is 1. The number of rotatable bonds is 3. The van der Waals surface area contributed by atoms with Crippen molar-refractivity contribution >= 4 is 5.78 Å². The van der Waals surface area contributed by atoms with Gasteiger partial charge in [-0.05, 0) is 13.0 Å². The normalized spacial score (nSPS) is 10.4. The molecule has 1 aromatic carbocycles. The number of aromatic nitrogens is 2. The van der Waals surface area contributed by atoms with Crippen molar-refractivity contribution in [1.29, 1.82) is 0 Å². The van der Waals surface area contributed by atoms with Crippen molar-refractivity contribution < 1.29 is 4.79 Å². The average molecular weight is 214 g/mol. The first-order valence-electron chi connectivity index (χ1n) is 5.23. The molecule has 0 aliphatic rings. The Morgan fingerprint density at radius 1 is 1.44 bits per heavy atom. The Morgan fingerprint density at radius 2 is 2.25 bits per heavy atom. The van der Waals surface area contributed by atoms with E-state index >= 15 is 0 Å². The molecule has 0 saturated carbocycles. The summed E-state index contributed by atoms with van der Waals surface area (Å²) < 4.78 is 1.87. The Labute approximate surface area is 94.7 Å². The lowest BCUT2D eigenvalue weighted by molar-refractivity contribution is 0.0990. The van der Waals surface area contributed by atoms with Crippen LogP contribution in [0, 0.1) is 6.92 Å². The van der Waals surface area contributed by atoms with E-state index in [2.05, 4.69) is 4.98 Å². The van der Waals surface area contributed by atoms with Crippen LogP contribution in [0.25, 0.3) is 0 Å². The van der Waals surface area contributed by atoms with Crippen LogP contribution in [-0.2, 0) is 13.5 Å². The molecule has 0 unspecified atom stereocenters. The summed E-state index contributed by atoms with van der Waals surface area (Å²) in [4.78, 5) is 16.1. The van der Waals surface area contributed by atoms with E-state index in [9.17, 15) is 4.79 Å². The Balaban J connectivity index is 2.18. The van der Waals surface area contributed by atoms with E-state index in [1.54, 1.807) is 6.20 Å². The molecule has 3 heteroatoms. The van der Waals surface area contributed by atoms with E-state index in [0.29, 0.717) is 6.42 Å². The number of Topliss-reactive ketones (excluding diaryl/α,β-unsaturated/α-hetero) is 1. The van der Waals surface area contributed by atoms with Crippen molar-refractivity contribution in [1.82, 2.24) is 9.55 Å². The Hall–Kier alpha value is -1.90. The molecule has 82 valence electrons. The lowest BCUT2D eigenvalue weighted by Crippen LogP contribution is -2.08. The number of hydrogen-bond acceptors (Lipinski definition) is 2. The molecule has 0 amide bonds. The van der Waals surface area contributed by atoms with Gasteiger partial charge in [0.25, 0.3) is 0 Å². The highest BCUT2D eigenvalue weighted by Gasteiger charge is 2.09. The van der Waals surface area contributed by atoms with E-state index < -0.39 is 0 Å². The molecule has 3 nitrogen and oxygen atoms in total. The van der Waals surface area contributed by atoms with Crippen LogP contribution in [-0.4, -0.2) is 15.3 Å². The maximum atomic E-state index is 12.0. The van der Waals surface area contributed by atoms with E-state index in [4.69, 9.17) is 0 Å². The van der Waals surface area contributed by atoms with Gasteiger partial charge < -0.3 is 4.57 Å².